The number of nitrogens with one attached hydrogen (secondary N) is 1. The molecule has 1 amide bonds. The van der Waals surface area contributed by atoms with Gasteiger partial charge in [0.25, 0.3) is 0 Å². The fourth-order valence-corrected chi connectivity index (χ4v) is 9.46. The molecule has 3 heterocycles. The third-order valence-corrected chi connectivity index (χ3v) is 14.5. The third kappa shape index (κ3) is 15.3. The number of aliphatic carboxylic acids is 1. The van der Waals surface area contributed by atoms with E-state index < -0.39 is 18.1 Å². The van der Waals surface area contributed by atoms with Gasteiger partial charge in [-0.1, -0.05) is 116 Å². The van der Waals surface area contributed by atoms with E-state index in [0.29, 0.717) is 36.0 Å². The zero-order valence-electron chi connectivity index (χ0n) is 41.5. The van der Waals surface area contributed by atoms with E-state index in [1.54, 1.807) is 6.07 Å². The number of carboxylic acid groups (broad SMARTS) is 1. The van der Waals surface area contributed by atoms with E-state index in [4.69, 9.17) is 21.4 Å². The van der Waals surface area contributed by atoms with Crippen LogP contribution in [0.3, 0.4) is 0 Å². The maximum absolute atomic E-state index is 13.5. The molecule has 4 fully saturated rings. The number of aliphatic hydroxyl groups is 1. The Morgan fingerprint density at radius 1 is 0.687 bits per heavy atom. The Kier molecular flexibility index (Phi) is 17.8. The van der Waals surface area contributed by atoms with Crippen LogP contribution in [0.25, 0.3) is 0 Å². The van der Waals surface area contributed by atoms with Crippen molar-refractivity contribution in [2.24, 2.45) is 11.8 Å². The minimum atomic E-state index is -0.852. The number of carboxylic acids is 1. The van der Waals surface area contributed by atoms with Gasteiger partial charge >= 0.3 is 5.97 Å². The summed E-state index contributed by atoms with van der Waals surface area (Å²) in [5.74, 6) is -0.326. The molecule has 0 unspecified atom stereocenters. The van der Waals surface area contributed by atoms with Crippen molar-refractivity contribution in [1.29, 1.82) is 0 Å². The summed E-state index contributed by atoms with van der Waals surface area (Å²) in [5, 5.41) is 24.1. The number of benzene rings is 4. The molecule has 11 heteroatoms. The van der Waals surface area contributed by atoms with Gasteiger partial charge in [-0.25, -0.2) is 0 Å². The topological polar surface area (TPSA) is 106 Å². The number of likely N-dealkylation sites (tertiary alicyclic amines) is 1. The smallest absolute Gasteiger partial charge is 0.308 e. The summed E-state index contributed by atoms with van der Waals surface area (Å²) in [5.41, 5.74) is 7.56. The zero-order chi connectivity index (χ0) is 48.7. The van der Waals surface area contributed by atoms with Crippen LogP contribution in [0.5, 0.6) is 5.75 Å². The number of nitrogens with zero attached hydrogens (tertiary/aromatic N) is 3. The maximum atomic E-state index is 13.5. The fraction of sp³-hybridized carbons (Fsp3) is 0.536. The van der Waals surface area contributed by atoms with Gasteiger partial charge in [0.2, 0.25) is 5.91 Å². The SMILES string of the molecule is CC(C)(C)c1ccc(I)cc1.CC(C)(C)c1ccc(N2CC[C@@H](C(=O)N[C@H](CN3CCCC3)[C@H](O)c3ccc(OC4CC4)c(Cl)c3)C2)cc1.CC(C)(C)c1ccc(N2CC[C@@H](C(=O)O)C2)cc1. The van der Waals surface area contributed by atoms with Crippen LogP contribution in [0.1, 0.15) is 129 Å². The maximum Gasteiger partial charge on any atom is 0.308 e. The molecule has 67 heavy (non-hydrogen) atoms. The molecule has 1 saturated carbocycles. The minimum Gasteiger partial charge on any atom is -0.489 e. The highest BCUT2D eigenvalue weighted by Crippen LogP contribution is 2.35. The first-order valence-corrected chi connectivity index (χ1v) is 25.9. The Balaban J connectivity index is 0.000000209. The van der Waals surface area contributed by atoms with Crippen molar-refractivity contribution in [3.05, 3.63) is 122 Å². The number of anilines is 2. The van der Waals surface area contributed by atoms with Gasteiger partial charge in [0, 0.05) is 47.7 Å². The molecule has 0 radical (unpaired) electrons. The predicted octanol–water partition coefficient (Wildman–Crippen LogP) is 11.8. The first kappa shape index (κ1) is 52.5. The summed E-state index contributed by atoms with van der Waals surface area (Å²) in [6, 6.07) is 31.0. The molecule has 8 rings (SSSR count). The second-order valence-corrected chi connectivity index (χ2v) is 23.8. The molecule has 3 N–H and O–H groups in total. The fourth-order valence-electron chi connectivity index (χ4n) is 8.86. The number of carbonyl (C=O) groups is 2. The Labute approximate surface area is 420 Å². The lowest BCUT2D eigenvalue weighted by molar-refractivity contribution is -0.141. The molecule has 9 nitrogen and oxygen atoms in total. The molecule has 4 aromatic carbocycles. The van der Waals surface area contributed by atoms with Gasteiger partial charge in [-0.15, -0.1) is 0 Å². The van der Waals surface area contributed by atoms with Crippen molar-refractivity contribution >= 4 is 57.4 Å². The molecule has 3 aliphatic heterocycles. The van der Waals surface area contributed by atoms with E-state index in [9.17, 15) is 14.7 Å². The number of carbonyl (C=O) groups excluding carboxylic acids is 1. The van der Waals surface area contributed by atoms with Gasteiger partial charge in [-0.05, 0) is 161 Å². The summed E-state index contributed by atoms with van der Waals surface area (Å²) in [6.07, 6.45) is 5.39. The number of ether oxygens (including phenoxy) is 1. The lowest BCUT2D eigenvalue weighted by Gasteiger charge is -2.30. The average Bonchev–Trinajstić information content (AvgIpc) is 3.65. The largest absolute Gasteiger partial charge is 0.489 e. The van der Waals surface area contributed by atoms with Gasteiger partial charge in [-0.2, -0.15) is 0 Å². The van der Waals surface area contributed by atoms with Gasteiger partial charge in [0.05, 0.1) is 29.0 Å². The van der Waals surface area contributed by atoms with E-state index in [1.165, 1.54) is 20.3 Å². The quantitative estimate of drug-likeness (QED) is 0.128. The first-order chi connectivity index (χ1) is 31.5. The van der Waals surface area contributed by atoms with Crippen molar-refractivity contribution in [2.75, 3.05) is 55.6 Å². The van der Waals surface area contributed by atoms with E-state index in [2.05, 4.69) is 178 Å². The number of rotatable bonds is 11. The van der Waals surface area contributed by atoms with Crippen molar-refractivity contribution in [3.8, 4) is 5.75 Å². The van der Waals surface area contributed by atoms with Crippen molar-refractivity contribution < 1.29 is 24.5 Å². The highest BCUT2D eigenvalue weighted by Gasteiger charge is 2.34. The summed E-state index contributed by atoms with van der Waals surface area (Å²) < 4.78 is 7.17. The van der Waals surface area contributed by atoms with Crippen LogP contribution in [0.4, 0.5) is 11.4 Å². The van der Waals surface area contributed by atoms with Crippen LogP contribution in [-0.2, 0) is 25.8 Å². The van der Waals surface area contributed by atoms with Gasteiger partial charge in [0.15, 0.2) is 0 Å². The zero-order valence-corrected chi connectivity index (χ0v) is 44.4. The third-order valence-electron chi connectivity index (χ3n) is 13.5. The summed E-state index contributed by atoms with van der Waals surface area (Å²) in [6.45, 7) is 25.5. The second-order valence-electron chi connectivity index (χ2n) is 22.1. The summed E-state index contributed by atoms with van der Waals surface area (Å²) >= 11 is 8.82. The highest BCUT2D eigenvalue weighted by molar-refractivity contribution is 14.1. The van der Waals surface area contributed by atoms with Crippen molar-refractivity contribution in [2.45, 2.75) is 135 Å². The monoisotopic (exact) mass is 1050 g/mol. The summed E-state index contributed by atoms with van der Waals surface area (Å²) in [7, 11) is 0. The number of aliphatic hydroxyl groups excluding tert-OH is 1. The average molecular weight is 1050 g/mol. The molecule has 4 atom stereocenters. The Bertz CT molecular complexity index is 2220. The Morgan fingerprint density at radius 3 is 1.58 bits per heavy atom. The lowest BCUT2D eigenvalue weighted by atomic mass is 9.87. The number of hydrogen-bond acceptors (Lipinski definition) is 7. The molecule has 1 aliphatic carbocycles. The van der Waals surface area contributed by atoms with Crippen molar-refractivity contribution in [3.63, 3.8) is 0 Å². The van der Waals surface area contributed by atoms with Crippen LogP contribution in [0.2, 0.25) is 5.02 Å². The van der Waals surface area contributed by atoms with Gasteiger partial charge in [0.1, 0.15) is 11.9 Å². The number of hydrogen-bond donors (Lipinski definition) is 3. The normalized spacial score (nSPS) is 19.8. The highest BCUT2D eigenvalue weighted by atomic mass is 127. The van der Waals surface area contributed by atoms with Crippen LogP contribution in [0.15, 0.2) is 91.0 Å². The van der Waals surface area contributed by atoms with E-state index >= 15 is 0 Å². The van der Waals surface area contributed by atoms with Crippen LogP contribution >= 0.6 is 34.2 Å². The van der Waals surface area contributed by atoms with Crippen LogP contribution in [0, 0.1) is 15.4 Å². The standard InChI is InChI=1S/C31H42ClN3O3.C15H21NO2.C10H13I/c1-31(2,3)23-7-9-24(10-8-23)35-17-14-22(19-35)30(37)33-27(20-34-15-4-5-16-34)29(36)21-6-13-28(26(32)18-21)38-25-11-12-25;1-15(2,3)12-4-6-13(7-5-12)16-9-8-11(10-16)14(17)18;1-10(2,3)8-4-6-9(11)7-5-8/h6-10,13,18,22,25,27,29,36H,4-5,11-12,14-17,19-20H2,1-3H3,(H,33,37);4-7,11H,8-10H2,1-3H3,(H,17,18);4-7H,1-3H3/t22-,27-,29-;11-;/m11./s1. The lowest BCUT2D eigenvalue weighted by Crippen LogP contribution is -2.48. The Hall–Kier alpha value is -3.84. The minimum absolute atomic E-state index is 0.0156. The molecular weight excluding hydrogens is 971 g/mol. The van der Waals surface area contributed by atoms with E-state index in [1.807, 2.05) is 12.1 Å². The van der Waals surface area contributed by atoms with Gasteiger partial charge in [-0.3, -0.25) is 9.59 Å². The van der Waals surface area contributed by atoms with Crippen LogP contribution < -0.4 is 19.9 Å². The molecular formula is C56H76ClIN4O5. The second kappa shape index (κ2) is 22.7. The molecule has 0 spiro atoms. The van der Waals surface area contributed by atoms with Crippen LogP contribution in [-0.4, -0.2) is 84.9 Å². The molecule has 0 aromatic heterocycles. The molecule has 4 aliphatic rings. The number of halogens is 2. The molecule has 4 aromatic rings. The van der Waals surface area contributed by atoms with Gasteiger partial charge < -0.3 is 35.0 Å². The predicted molar refractivity (Wildman–Crippen MR) is 284 cm³/mol. The van der Waals surface area contributed by atoms with E-state index in [-0.39, 0.29) is 40.1 Å². The first-order valence-electron chi connectivity index (χ1n) is 24.4. The van der Waals surface area contributed by atoms with E-state index in [0.717, 1.165) is 76.1 Å². The molecule has 364 valence electrons. The Morgan fingerprint density at radius 2 is 1.15 bits per heavy atom. The van der Waals surface area contributed by atoms with Crippen molar-refractivity contribution in [1.82, 2.24) is 10.2 Å². The summed E-state index contributed by atoms with van der Waals surface area (Å²) in [4.78, 5) is 31.2. The molecule has 0 bridgehead atoms. The number of amides is 1. The molecule has 3 saturated heterocycles.